The molecule has 1 spiro atoms. The van der Waals surface area contributed by atoms with Crippen LogP contribution in [0.25, 0.3) is 0 Å². The minimum Gasteiger partial charge on any atom is -0.359 e. The van der Waals surface area contributed by atoms with Gasteiger partial charge in [0, 0.05) is 17.8 Å². The summed E-state index contributed by atoms with van der Waals surface area (Å²) in [6.07, 6.45) is 6.87. The summed E-state index contributed by atoms with van der Waals surface area (Å²) >= 11 is 1.92. The zero-order chi connectivity index (χ0) is 11.4. The fourth-order valence-electron chi connectivity index (χ4n) is 2.44. The van der Waals surface area contributed by atoms with Gasteiger partial charge in [-0.15, -0.1) is 0 Å². The molecule has 1 saturated carbocycles. The molecule has 0 unspecified atom stereocenters. The number of rotatable bonds is 3. The van der Waals surface area contributed by atoms with Gasteiger partial charge in [0.25, 0.3) is 0 Å². The Morgan fingerprint density at radius 1 is 1.31 bits per heavy atom. The van der Waals surface area contributed by atoms with Crippen molar-refractivity contribution in [2.24, 2.45) is 4.99 Å². The third kappa shape index (κ3) is 3.14. The molecule has 0 atom stereocenters. The lowest BCUT2D eigenvalue weighted by Gasteiger charge is -2.32. The van der Waals surface area contributed by atoms with Crippen LogP contribution in [0.2, 0.25) is 0 Å². The molecule has 0 radical (unpaired) electrons. The Morgan fingerprint density at radius 2 is 2.06 bits per heavy atom. The topological polar surface area (TPSA) is 27.6 Å². The summed E-state index contributed by atoms with van der Waals surface area (Å²) in [5, 5.41) is 4.86. The Morgan fingerprint density at radius 3 is 2.75 bits per heavy atom. The van der Waals surface area contributed by atoms with E-state index in [1.54, 1.807) is 0 Å². The first kappa shape index (κ1) is 12.2. The fraction of sp³-hybridized carbons (Fsp3) is 0.917. The maximum atomic E-state index is 4.64. The van der Waals surface area contributed by atoms with E-state index in [-0.39, 0.29) is 0 Å². The second-order valence-corrected chi connectivity index (χ2v) is 6.21. The average molecular weight is 241 g/mol. The van der Waals surface area contributed by atoms with Crippen molar-refractivity contribution in [3.63, 3.8) is 0 Å². The second-order valence-electron chi connectivity index (χ2n) is 5.24. The fourth-order valence-corrected chi connectivity index (χ4v) is 3.69. The Bertz CT molecular complexity index is 257. The molecule has 1 aliphatic heterocycles. The van der Waals surface area contributed by atoms with E-state index in [1.807, 2.05) is 11.8 Å². The normalized spacial score (nSPS) is 26.6. The molecule has 1 heterocycles. The molecule has 1 N–H and O–H groups in total. The van der Waals surface area contributed by atoms with Gasteiger partial charge in [-0.05, 0) is 26.9 Å². The maximum absolute atomic E-state index is 4.64. The highest BCUT2D eigenvalue weighted by Gasteiger charge is 2.37. The van der Waals surface area contributed by atoms with Crippen molar-refractivity contribution in [1.29, 1.82) is 0 Å². The Labute approximate surface area is 103 Å². The first-order chi connectivity index (χ1) is 7.70. The minimum absolute atomic E-state index is 0.403. The number of likely N-dealkylation sites (N-methyl/N-ethyl adjacent to an activating group) is 1. The predicted octanol–water partition coefficient (Wildman–Crippen LogP) is 1.94. The van der Waals surface area contributed by atoms with Crippen molar-refractivity contribution in [3.05, 3.63) is 0 Å². The van der Waals surface area contributed by atoms with E-state index in [1.165, 1.54) is 43.0 Å². The smallest absolute Gasteiger partial charge is 0.157 e. The van der Waals surface area contributed by atoms with Crippen LogP contribution in [-0.4, -0.2) is 48.5 Å². The summed E-state index contributed by atoms with van der Waals surface area (Å²) in [5.74, 6) is 1.23. The van der Waals surface area contributed by atoms with Gasteiger partial charge in [-0.2, -0.15) is 0 Å². The molecule has 0 aromatic carbocycles. The molecule has 2 rings (SSSR count). The predicted molar refractivity (Wildman–Crippen MR) is 72.3 cm³/mol. The molecule has 2 fully saturated rings. The lowest BCUT2D eigenvalue weighted by atomic mass is 9.83. The van der Waals surface area contributed by atoms with Crippen molar-refractivity contribution < 1.29 is 0 Å². The van der Waals surface area contributed by atoms with Gasteiger partial charge in [0.05, 0.1) is 6.54 Å². The van der Waals surface area contributed by atoms with Crippen LogP contribution in [0.4, 0.5) is 0 Å². The number of nitrogens with zero attached hydrogens (tertiary/aromatic N) is 2. The summed E-state index contributed by atoms with van der Waals surface area (Å²) in [5.41, 5.74) is 0.403. The summed E-state index contributed by atoms with van der Waals surface area (Å²) in [4.78, 5) is 6.82. The molecule has 0 amide bonds. The second kappa shape index (κ2) is 5.41. The molecule has 2 aliphatic rings. The van der Waals surface area contributed by atoms with E-state index >= 15 is 0 Å². The number of nitrogens with one attached hydrogen (secondary N) is 1. The molecule has 0 aromatic heterocycles. The lowest BCUT2D eigenvalue weighted by Crippen LogP contribution is -2.45. The van der Waals surface area contributed by atoms with Crippen LogP contribution in [0, 0.1) is 0 Å². The van der Waals surface area contributed by atoms with E-state index in [0.29, 0.717) is 5.54 Å². The zero-order valence-corrected chi connectivity index (χ0v) is 11.3. The first-order valence-electron chi connectivity index (χ1n) is 6.30. The Balaban J connectivity index is 1.82. The molecule has 0 aromatic rings. The van der Waals surface area contributed by atoms with Gasteiger partial charge in [0.1, 0.15) is 0 Å². The molecule has 0 bridgehead atoms. The first-order valence-corrected chi connectivity index (χ1v) is 7.29. The van der Waals surface area contributed by atoms with E-state index in [2.05, 4.69) is 29.3 Å². The summed E-state index contributed by atoms with van der Waals surface area (Å²) in [7, 11) is 4.19. The number of hydrogen-bond donors (Lipinski definition) is 1. The summed E-state index contributed by atoms with van der Waals surface area (Å²) in [6.45, 7) is 1.96. The molecule has 92 valence electrons. The monoisotopic (exact) mass is 241 g/mol. The van der Waals surface area contributed by atoms with Gasteiger partial charge >= 0.3 is 0 Å². The zero-order valence-electron chi connectivity index (χ0n) is 10.5. The van der Waals surface area contributed by atoms with Gasteiger partial charge in [-0.25, -0.2) is 0 Å². The van der Waals surface area contributed by atoms with Crippen LogP contribution >= 0.6 is 11.8 Å². The van der Waals surface area contributed by atoms with Crippen molar-refractivity contribution >= 4 is 16.9 Å². The van der Waals surface area contributed by atoms with Gasteiger partial charge in [-0.1, -0.05) is 31.0 Å². The lowest BCUT2D eigenvalue weighted by molar-refractivity contribution is 0.303. The van der Waals surface area contributed by atoms with E-state index in [4.69, 9.17) is 0 Å². The van der Waals surface area contributed by atoms with Crippen molar-refractivity contribution in [1.82, 2.24) is 10.2 Å². The molecule has 4 heteroatoms. The van der Waals surface area contributed by atoms with Gasteiger partial charge in [0.2, 0.25) is 0 Å². The average Bonchev–Trinajstić information content (AvgIpc) is 2.62. The third-order valence-corrected chi connectivity index (χ3v) is 4.67. The van der Waals surface area contributed by atoms with Gasteiger partial charge in [0.15, 0.2) is 5.17 Å². The van der Waals surface area contributed by atoms with Crippen LogP contribution < -0.4 is 5.32 Å². The minimum atomic E-state index is 0.403. The van der Waals surface area contributed by atoms with Crippen molar-refractivity contribution in [3.8, 4) is 0 Å². The van der Waals surface area contributed by atoms with Crippen LogP contribution in [0.5, 0.6) is 0 Å². The highest BCUT2D eigenvalue weighted by atomic mass is 32.2. The van der Waals surface area contributed by atoms with Crippen LogP contribution in [0.15, 0.2) is 4.99 Å². The van der Waals surface area contributed by atoms with Crippen molar-refractivity contribution in [2.75, 3.05) is 32.9 Å². The number of amidine groups is 1. The molecule has 3 nitrogen and oxygen atoms in total. The highest BCUT2D eigenvalue weighted by molar-refractivity contribution is 8.14. The molecular formula is C12H23N3S. The quantitative estimate of drug-likeness (QED) is 0.818. The number of hydrogen-bond acceptors (Lipinski definition) is 3. The largest absolute Gasteiger partial charge is 0.359 e. The highest BCUT2D eigenvalue weighted by Crippen LogP contribution is 2.35. The van der Waals surface area contributed by atoms with Crippen LogP contribution in [0.1, 0.15) is 32.1 Å². The molecular weight excluding hydrogens is 218 g/mol. The summed E-state index contributed by atoms with van der Waals surface area (Å²) < 4.78 is 0. The van der Waals surface area contributed by atoms with Crippen LogP contribution in [0.3, 0.4) is 0 Å². The molecule has 16 heavy (non-hydrogen) atoms. The third-order valence-electron chi connectivity index (χ3n) is 3.47. The number of thioether (sulfide) groups is 1. The number of aliphatic imine (C=N–C) groups is 1. The Hall–Kier alpha value is -0.220. The SMILES string of the molecule is CN(C)CCN=C1NC2(CCCCC2)CS1. The van der Waals surface area contributed by atoms with E-state index in [0.717, 1.165) is 13.1 Å². The van der Waals surface area contributed by atoms with Crippen molar-refractivity contribution in [2.45, 2.75) is 37.6 Å². The molecule has 1 saturated heterocycles. The Kier molecular flexibility index (Phi) is 4.14. The maximum Gasteiger partial charge on any atom is 0.157 e. The standard InChI is InChI=1S/C12H23N3S/c1-15(2)9-8-13-11-14-12(10-16-11)6-4-3-5-7-12/h3-10H2,1-2H3,(H,13,14). The van der Waals surface area contributed by atoms with E-state index < -0.39 is 0 Å². The van der Waals surface area contributed by atoms with Gasteiger partial charge in [-0.3, -0.25) is 4.99 Å². The molecule has 1 aliphatic carbocycles. The van der Waals surface area contributed by atoms with Crippen LogP contribution in [-0.2, 0) is 0 Å². The van der Waals surface area contributed by atoms with Gasteiger partial charge < -0.3 is 10.2 Å². The van der Waals surface area contributed by atoms with E-state index in [9.17, 15) is 0 Å². The summed E-state index contributed by atoms with van der Waals surface area (Å²) in [6, 6.07) is 0.